The lowest BCUT2D eigenvalue weighted by Crippen LogP contribution is -2.25. The molecule has 1 fully saturated rings. The zero-order valence-corrected chi connectivity index (χ0v) is 11.3. The smallest absolute Gasteiger partial charge is 0.220 e. The number of aromatic nitrogens is 2. The summed E-state index contributed by atoms with van der Waals surface area (Å²) in [6.45, 7) is 0. The van der Waals surface area contributed by atoms with Gasteiger partial charge in [0.1, 0.15) is 0 Å². The molecule has 2 aromatic rings. The molecule has 2 heterocycles. The predicted molar refractivity (Wildman–Crippen MR) is 74.8 cm³/mol. The van der Waals surface area contributed by atoms with Crippen molar-refractivity contribution < 1.29 is 4.79 Å². The summed E-state index contributed by atoms with van der Waals surface area (Å²) >= 11 is 1.59. The average Bonchev–Trinajstić information content (AvgIpc) is 3.12. The van der Waals surface area contributed by atoms with Gasteiger partial charge in [0.2, 0.25) is 5.91 Å². The Morgan fingerprint density at radius 3 is 3.00 bits per heavy atom. The van der Waals surface area contributed by atoms with Crippen LogP contribution >= 0.6 is 11.3 Å². The second-order valence-electron chi connectivity index (χ2n) is 4.68. The second-order valence-corrected chi connectivity index (χ2v) is 5.63. The van der Waals surface area contributed by atoms with Gasteiger partial charge in [-0.1, -0.05) is 6.07 Å². The van der Waals surface area contributed by atoms with Gasteiger partial charge >= 0.3 is 0 Å². The Kier molecular flexibility index (Phi) is 3.55. The first-order valence-electron chi connectivity index (χ1n) is 6.46. The first-order chi connectivity index (χ1) is 9.31. The fraction of sp³-hybridized carbons (Fsp3) is 0.357. The van der Waals surface area contributed by atoms with Crippen molar-refractivity contribution in [3.63, 3.8) is 0 Å². The fourth-order valence-electron chi connectivity index (χ4n) is 1.81. The number of carbonyl (C=O) groups excluding carboxylic acids is 1. The Labute approximate surface area is 115 Å². The van der Waals surface area contributed by atoms with E-state index in [0.717, 1.165) is 29.2 Å². The Morgan fingerprint density at radius 2 is 2.26 bits per heavy atom. The highest BCUT2D eigenvalue weighted by atomic mass is 32.1. The Hall–Kier alpha value is -1.75. The third-order valence-electron chi connectivity index (χ3n) is 2.99. The molecule has 1 N–H and O–H groups in total. The largest absolute Gasteiger partial charge is 0.353 e. The lowest BCUT2D eigenvalue weighted by molar-refractivity contribution is -0.121. The molecule has 0 aromatic carbocycles. The van der Waals surface area contributed by atoms with Crippen molar-refractivity contribution >= 4 is 17.2 Å². The molecule has 1 saturated carbocycles. The summed E-state index contributed by atoms with van der Waals surface area (Å²) in [7, 11) is 0. The third-order valence-corrected chi connectivity index (χ3v) is 3.90. The summed E-state index contributed by atoms with van der Waals surface area (Å²) in [5, 5.41) is 5.98. The molecular weight excluding hydrogens is 258 g/mol. The molecule has 0 atom stereocenters. The summed E-state index contributed by atoms with van der Waals surface area (Å²) in [5.41, 5.74) is 1.77. The molecule has 19 heavy (non-hydrogen) atoms. The number of carbonyl (C=O) groups is 1. The molecule has 2 aromatic heterocycles. The minimum Gasteiger partial charge on any atom is -0.353 e. The summed E-state index contributed by atoms with van der Waals surface area (Å²) in [6.07, 6.45) is 5.25. The average molecular weight is 273 g/mol. The van der Waals surface area contributed by atoms with E-state index in [1.165, 1.54) is 0 Å². The van der Waals surface area contributed by atoms with E-state index in [1.54, 1.807) is 17.5 Å². The van der Waals surface area contributed by atoms with Crippen molar-refractivity contribution in [2.24, 2.45) is 0 Å². The van der Waals surface area contributed by atoms with Crippen molar-refractivity contribution in [2.45, 2.75) is 31.7 Å². The van der Waals surface area contributed by atoms with E-state index < -0.39 is 0 Å². The number of pyridine rings is 1. The van der Waals surface area contributed by atoms with Crippen molar-refractivity contribution in [3.8, 4) is 11.4 Å². The quantitative estimate of drug-likeness (QED) is 0.910. The van der Waals surface area contributed by atoms with E-state index >= 15 is 0 Å². The molecular formula is C14H15N3OS. The van der Waals surface area contributed by atoms with Gasteiger partial charge in [-0.25, -0.2) is 4.98 Å². The first kappa shape index (κ1) is 12.3. The van der Waals surface area contributed by atoms with Crippen LogP contribution in [0, 0.1) is 0 Å². The number of nitrogens with one attached hydrogen (secondary N) is 1. The molecule has 1 aliphatic carbocycles. The van der Waals surface area contributed by atoms with Crippen molar-refractivity contribution in [3.05, 3.63) is 34.8 Å². The van der Waals surface area contributed by atoms with E-state index in [9.17, 15) is 4.79 Å². The molecule has 0 saturated heterocycles. The number of aryl methyl sites for hydroxylation is 1. The Morgan fingerprint density at radius 1 is 1.37 bits per heavy atom. The Balaban J connectivity index is 1.57. The normalized spacial score (nSPS) is 14.3. The molecule has 4 nitrogen and oxygen atoms in total. The maximum Gasteiger partial charge on any atom is 0.220 e. The zero-order chi connectivity index (χ0) is 13.1. The minimum absolute atomic E-state index is 0.136. The maximum absolute atomic E-state index is 11.6. The van der Waals surface area contributed by atoms with Crippen LogP contribution in [0.1, 0.15) is 24.3 Å². The van der Waals surface area contributed by atoms with Gasteiger partial charge in [0.25, 0.3) is 0 Å². The molecule has 98 valence electrons. The summed E-state index contributed by atoms with van der Waals surface area (Å²) < 4.78 is 0. The molecule has 0 unspecified atom stereocenters. The van der Waals surface area contributed by atoms with Crippen LogP contribution in [0.2, 0.25) is 0 Å². The van der Waals surface area contributed by atoms with E-state index in [4.69, 9.17) is 0 Å². The van der Waals surface area contributed by atoms with Crippen LogP contribution in [0.15, 0.2) is 29.8 Å². The van der Waals surface area contributed by atoms with Crippen LogP contribution < -0.4 is 5.32 Å². The van der Waals surface area contributed by atoms with Crippen LogP contribution in [0.5, 0.6) is 0 Å². The van der Waals surface area contributed by atoms with E-state index in [1.807, 2.05) is 23.6 Å². The van der Waals surface area contributed by atoms with Gasteiger partial charge in [-0.15, -0.1) is 11.3 Å². The summed E-state index contributed by atoms with van der Waals surface area (Å²) in [4.78, 5) is 20.4. The molecule has 0 spiro atoms. The molecule has 1 aliphatic rings. The van der Waals surface area contributed by atoms with Gasteiger partial charge in [-0.05, 0) is 25.0 Å². The lowest BCUT2D eigenvalue weighted by Gasteiger charge is -2.00. The van der Waals surface area contributed by atoms with E-state index in [2.05, 4.69) is 15.3 Å². The summed E-state index contributed by atoms with van der Waals surface area (Å²) in [5.74, 6) is 0.136. The maximum atomic E-state index is 11.6. The third kappa shape index (κ3) is 3.38. The second kappa shape index (κ2) is 5.48. The highest BCUT2D eigenvalue weighted by molar-refractivity contribution is 7.09. The van der Waals surface area contributed by atoms with Gasteiger partial charge in [-0.3, -0.25) is 9.78 Å². The predicted octanol–water partition coefficient (Wildman–Crippen LogP) is 2.42. The molecule has 0 aliphatic heterocycles. The molecule has 1 amide bonds. The number of nitrogens with zero attached hydrogens (tertiary/aromatic N) is 2. The number of rotatable bonds is 5. The van der Waals surface area contributed by atoms with Crippen LogP contribution in [0.4, 0.5) is 0 Å². The number of thiazole rings is 1. The zero-order valence-electron chi connectivity index (χ0n) is 10.5. The molecule has 3 rings (SSSR count). The molecule has 0 bridgehead atoms. The standard InChI is InChI=1S/C14H15N3OS/c18-13(16-10-4-5-10)6-7-14-17-12(9-19-14)11-3-1-2-8-15-11/h1-3,8-10H,4-7H2,(H,16,18). The SMILES string of the molecule is O=C(CCc1nc(-c2ccccn2)cs1)NC1CC1. The molecule has 0 radical (unpaired) electrons. The van der Waals surface area contributed by atoms with Crippen molar-refractivity contribution in [2.75, 3.05) is 0 Å². The van der Waals surface area contributed by atoms with Gasteiger partial charge in [-0.2, -0.15) is 0 Å². The van der Waals surface area contributed by atoms with Crippen LogP contribution in [0.3, 0.4) is 0 Å². The van der Waals surface area contributed by atoms with Gasteiger partial charge in [0.15, 0.2) is 0 Å². The molecule has 5 heteroatoms. The number of hydrogen-bond acceptors (Lipinski definition) is 4. The van der Waals surface area contributed by atoms with Crippen molar-refractivity contribution in [1.29, 1.82) is 0 Å². The number of amides is 1. The van der Waals surface area contributed by atoms with Gasteiger partial charge < -0.3 is 5.32 Å². The van der Waals surface area contributed by atoms with Crippen LogP contribution in [0.25, 0.3) is 11.4 Å². The van der Waals surface area contributed by atoms with Gasteiger partial charge in [0.05, 0.1) is 16.4 Å². The number of hydrogen-bond donors (Lipinski definition) is 1. The van der Waals surface area contributed by atoms with Crippen molar-refractivity contribution in [1.82, 2.24) is 15.3 Å². The van der Waals surface area contributed by atoms with E-state index in [-0.39, 0.29) is 5.91 Å². The van der Waals surface area contributed by atoms with Crippen LogP contribution in [-0.2, 0) is 11.2 Å². The highest BCUT2D eigenvalue weighted by Crippen LogP contribution is 2.21. The van der Waals surface area contributed by atoms with Crippen LogP contribution in [-0.4, -0.2) is 21.9 Å². The monoisotopic (exact) mass is 273 g/mol. The first-order valence-corrected chi connectivity index (χ1v) is 7.34. The van der Waals surface area contributed by atoms with E-state index in [0.29, 0.717) is 18.9 Å². The van der Waals surface area contributed by atoms with Gasteiger partial charge in [0, 0.05) is 30.5 Å². The summed E-state index contributed by atoms with van der Waals surface area (Å²) in [6, 6.07) is 6.22. The highest BCUT2D eigenvalue weighted by Gasteiger charge is 2.22. The lowest BCUT2D eigenvalue weighted by atomic mass is 10.3. The Bertz CT molecular complexity index is 563. The topological polar surface area (TPSA) is 54.9 Å². The fourth-order valence-corrected chi connectivity index (χ4v) is 2.60. The minimum atomic E-state index is 0.136.